The van der Waals surface area contributed by atoms with Gasteiger partial charge in [-0.05, 0) is 0 Å². The highest BCUT2D eigenvalue weighted by molar-refractivity contribution is 5.81. The number of β-amino-alcohol motifs (C(OH)–C–C–N with tert-alkyl or cyclic N) is 1. The third-order valence-corrected chi connectivity index (χ3v) is 1.59. The highest BCUT2D eigenvalue weighted by atomic mass is 16.3. The van der Waals surface area contributed by atoms with Crippen molar-refractivity contribution in [2.45, 2.75) is 18.2 Å². The van der Waals surface area contributed by atoms with E-state index < -0.39 is 24.2 Å². The molecule has 0 aliphatic carbocycles. The van der Waals surface area contributed by atoms with Gasteiger partial charge in [-0.3, -0.25) is 4.79 Å². The van der Waals surface area contributed by atoms with Gasteiger partial charge in [0.15, 0.2) is 0 Å². The first-order valence-corrected chi connectivity index (χ1v) is 3.02. The third-order valence-electron chi connectivity index (χ3n) is 1.59. The summed E-state index contributed by atoms with van der Waals surface area (Å²) in [7, 11) is 0. The number of aliphatic hydroxyl groups excluding tert-OH is 2. The van der Waals surface area contributed by atoms with Crippen molar-refractivity contribution >= 4 is 5.91 Å². The molecule has 5 nitrogen and oxygen atoms in total. The molecule has 1 aliphatic heterocycles. The maximum atomic E-state index is 10.4. The van der Waals surface area contributed by atoms with Gasteiger partial charge in [0.05, 0.1) is 6.10 Å². The Balaban J connectivity index is 2.57. The predicted octanol–water partition coefficient (Wildman–Crippen LogP) is -2.83. The summed E-state index contributed by atoms with van der Waals surface area (Å²) < 4.78 is 0. The van der Waals surface area contributed by atoms with Crippen LogP contribution in [0.3, 0.4) is 0 Å². The highest BCUT2D eigenvalue weighted by Gasteiger charge is 2.36. The van der Waals surface area contributed by atoms with Crippen LogP contribution in [0.2, 0.25) is 0 Å². The van der Waals surface area contributed by atoms with Gasteiger partial charge in [0, 0.05) is 6.54 Å². The van der Waals surface area contributed by atoms with Gasteiger partial charge >= 0.3 is 0 Å². The number of carbonyl (C=O) groups excluding carboxylic acids is 1. The molecular formula is C5H10N2O3. The van der Waals surface area contributed by atoms with Gasteiger partial charge in [-0.2, -0.15) is 0 Å². The third kappa shape index (κ3) is 1.11. The zero-order valence-electron chi connectivity index (χ0n) is 5.32. The maximum Gasteiger partial charge on any atom is 0.237 e. The molecule has 3 atom stereocenters. The van der Waals surface area contributed by atoms with Crippen molar-refractivity contribution in [3.63, 3.8) is 0 Å². The number of carbonyl (C=O) groups is 1. The van der Waals surface area contributed by atoms with Crippen LogP contribution in [0.4, 0.5) is 0 Å². The first kappa shape index (κ1) is 7.46. The van der Waals surface area contributed by atoms with Gasteiger partial charge in [0.2, 0.25) is 5.91 Å². The molecular weight excluding hydrogens is 136 g/mol. The van der Waals surface area contributed by atoms with E-state index in [2.05, 4.69) is 5.32 Å². The minimum atomic E-state index is -1.06. The topological polar surface area (TPSA) is 95.6 Å². The average molecular weight is 146 g/mol. The van der Waals surface area contributed by atoms with Crippen LogP contribution >= 0.6 is 0 Å². The zero-order chi connectivity index (χ0) is 7.72. The van der Waals surface area contributed by atoms with Crippen LogP contribution in [0.1, 0.15) is 0 Å². The van der Waals surface area contributed by atoms with Gasteiger partial charge in [-0.15, -0.1) is 0 Å². The second-order valence-corrected chi connectivity index (χ2v) is 2.35. The van der Waals surface area contributed by atoms with Gasteiger partial charge in [0.1, 0.15) is 12.1 Å². The molecule has 0 aromatic carbocycles. The number of nitrogens with one attached hydrogen (secondary N) is 1. The Morgan fingerprint density at radius 1 is 1.60 bits per heavy atom. The van der Waals surface area contributed by atoms with E-state index in [4.69, 9.17) is 15.9 Å². The van der Waals surface area contributed by atoms with Crippen LogP contribution in [0.25, 0.3) is 0 Å². The molecule has 58 valence electrons. The molecule has 1 fully saturated rings. The van der Waals surface area contributed by atoms with E-state index in [1.54, 1.807) is 0 Å². The predicted molar refractivity (Wildman–Crippen MR) is 33.0 cm³/mol. The van der Waals surface area contributed by atoms with Crippen LogP contribution in [0.15, 0.2) is 0 Å². The smallest absolute Gasteiger partial charge is 0.237 e. The second-order valence-electron chi connectivity index (χ2n) is 2.35. The van der Waals surface area contributed by atoms with E-state index >= 15 is 0 Å². The largest absolute Gasteiger partial charge is 0.389 e. The number of aliphatic hydroxyl groups is 2. The Labute approximate surface area is 57.8 Å². The Hall–Kier alpha value is -0.650. The molecule has 1 saturated heterocycles. The minimum Gasteiger partial charge on any atom is -0.389 e. The van der Waals surface area contributed by atoms with Crippen LogP contribution < -0.4 is 11.1 Å². The molecule has 10 heavy (non-hydrogen) atoms. The van der Waals surface area contributed by atoms with Crippen molar-refractivity contribution in [3.8, 4) is 0 Å². The van der Waals surface area contributed by atoms with E-state index in [0.29, 0.717) is 0 Å². The Bertz CT molecular complexity index is 150. The Kier molecular flexibility index (Phi) is 1.89. The normalized spacial score (nSPS) is 40.0. The Morgan fingerprint density at radius 2 is 2.20 bits per heavy atom. The van der Waals surface area contributed by atoms with Gasteiger partial charge in [-0.1, -0.05) is 0 Å². The summed E-state index contributed by atoms with van der Waals surface area (Å²) >= 11 is 0. The average Bonchev–Trinajstić information content (AvgIpc) is 2.14. The van der Waals surface area contributed by atoms with Crippen molar-refractivity contribution < 1.29 is 15.0 Å². The number of hydrogen-bond donors (Lipinski definition) is 4. The summed E-state index contributed by atoms with van der Waals surface area (Å²) in [5.41, 5.74) is 4.88. The van der Waals surface area contributed by atoms with Crippen molar-refractivity contribution in [1.82, 2.24) is 5.32 Å². The van der Waals surface area contributed by atoms with E-state index in [1.807, 2.05) is 0 Å². The standard InChI is InChI=1S/C5H10N2O3/c6-5(10)3-4(9)2(8)1-7-3/h2-4,7-9H,1H2,(H2,6,10). The molecule has 0 aromatic heterocycles. The van der Waals surface area contributed by atoms with Crippen LogP contribution in [0, 0.1) is 0 Å². The van der Waals surface area contributed by atoms with Crippen LogP contribution in [-0.2, 0) is 4.79 Å². The van der Waals surface area contributed by atoms with Crippen molar-refractivity contribution in [2.75, 3.05) is 6.54 Å². The fourth-order valence-corrected chi connectivity index (χ4v) is 0.980. The van der Waals surface area contributed by atoms with E-state index in [9.17, 15) is 4.79 Å². The van der Waals surface area contributed by atoms with Crippen LogP contribution in [-0.4, -0.2) is 40.9 Å². The molecule has 5 heteroatoms. The molecule has 1 heterocycles. The monoisotopic (exact) mass is 146 g/mol. The molecule has 3 unspecified atom stereocenters. The van der Waals surface area contributed by atoms with E-state index in [0.717, 1.165) is 0 Å². The lowest BCUT2D eigenvalue weighted by atomic mass is 10.1. The first-order chi connectivity index (χ1) is 4.63. The number of rotatable bonds is 1. The molecule has 1 aliphatic rings. The molecule has 0 bridgehead atoms. The lowest BCUT2D eigenvalue weighted by molar-refractivity contribution is -0.122. The molecule has 5 N–H and O–H groups in total. The number of nitrogens with two attached hydrogens (primary N) is 1. The summed E-state index contributed by atoms with van der Waals surface area (Å²) in [6, 6.07) is -0.796. The fraction of sp³-hybridized carbons (Fsp3) is 0.800. The second kappa shape index (κ2) is 2.53. The van der Waals surface area contributed by atoms with E-state index in [1.165, 1.54) is 0 Å². The lowest BCUT2D eigenvalue weighted by Gasteiger charge is -2.10. The summed E-state index contributed by atoms with van der Waals surface area (Å²) in [6.45, 7) is 0.217. The molecule has 0 spiro atoms. The first-order valence-electron chi connectivity index (χ1n) is 3.02. The van der Waals surface area contributed by atoms with Gasteiger partial charge in [-0.25, -0.2) is 0 Å². The van der Waals surface area contributed by atoms with Gasteiger partial charge in [0.25, 0.3) is 0 Å². The van der Waals surface area contributed by atoms with E-state index in [-0.39, 0.29) is 6.54 Å². The minimum absolute atomic E-state index is 0.217. The van der Waals surface area contributed by atoms with Gasteiger partial charge < -0.3 is 21.3 Å². The quantitative estimate of drug-likeness (QED) is 0.320. The zero-order valence-corrected chi connectivity index (χ0v) is 5.32. The SMILES string of the molecule is NC(=O)C1NCC(O)C1O. The fourth-order valence-electron chi connectivity index (χ4n) is 0.980. The number of hydrogen-bond acceptors (Lipinski definition) is 4. The Morgan fingerprint density at radius 3 is 2.40 bits per heavy atom. The molecule has 0 aromatic rings. The number of amides is 1. The number of primary amides is 1. The van der Waals surface area contributed by atoms with Crippen molar-refractivity contribution in [3.05, 3.63) is 0 Å². The lowest BCUT2D eigenvalue weighted by Crippen LogP contribution is -2.44. The summed E-state index contributed by atoms with van der Waals surface area (Å²) in [5.74, 6) is -0.635. The maximum absolute atomic E-state index is 10.4. The highest BCUT2D eigenvalue weighted by Crippen LogP contribution is 2.06. The van der Waals surface area contributed by atoms with Crippen molar-refractivity contribution in [1.29, 1.82) is 0 Å². The molecule has 0 saturated carbocycles. The van der Waals surface area contributed by atoms with Crippen LogP contribution in [0.5, 0.6) is 0 Å². The molecule has 1 amide bonds. The summed E-state index contributed by atoms with van der Waals surface area (Å²) in [4.78, 5) is 10.4. The molecule has 1 rings (SSSR count). The summed E-state index contributed by atoms with van der Waals surface area (Å²) in [5, 5.41) is 20.5. The summed E-state index contributed by atoms with van der Waals surface area (Å²) in [6.07, 6.45) is -1.94. The van der Waals surface area contributed by atoms with Crippen molar-refractivity contribution in [2.24, 2.45) is 5.73 Å². The molecule has 0 radical (unpaired) electrons.